The van der Waals surface area contributed by atoms with Crippen LogP contribution < -0.4 is 5.32 Å². The highest BCUT2D eigenvalue weighted by atomic mass is 35.5. The summed E-state index contributed by atoms with van der Waals surface area (Å²) in [4.78, 5) is 8.37. The molecule has 0 saturated carbocycles. The maximum Gasteiger partial charge on any atom is 0.190 e. The van der Waals surface area contributed by atoms with Crippen molar-refractivity contribution in [2.45, 2.75) is 5.16 Å². The zero-order valence-electron chi connectivity index (χ0n) is 8.64. The van der Waals surface area contributed by atoms with E-state index in [-0.39, 0.29) is 0 Å². The lowest BCUT2D eigenvalue weighted by Gasteiger charge is -2.06. The smallest absolute Gasteiger partial charge is 0.190 e. The van der Waals surface area contributed by atoms with Crippen molar-refractivity contribution in [3.63, 3.8) is 0 Å². The summed E-state index contributed by atoms with van der Waals surface area (Å²) >= 11 is 7.35. The van der Waals surface area contributed by atoms with Crippen molar-refractivity contribution in [1.29, 1.82) is 0 Å². The number of nitrogens with one attached hydrogen (secondary N) is 1. The number of aromatic nitrogens is 2. The number of para-hydroxylation sites is 1. The molecule has 1 aromatic heterocycles. The number of nitrogens with zero attached hydrogens (tertiary/aromatic N) is 2. The van der Waals surface area contributed by atoms with Crippen LogP contribution in [0.3, 0.4) is 0 Å². The summed E-state index contributed by atoms with van der Waals surface area (Å²) in [5.41, 5.74) is 0.976. The summed E-state index contributed by atoms with van der Waals surface area (Å²) in [5.74, 6) is 0.704. The number of rotatable bonds is 3. The lowest BCUT2D eigenvalue weighted by atomic mass is 10.3. The van der Waals surface area contributed by atoms with Crippen molar-refractivity contribution >= 4 is 34.9 Å². The Balaban J connectivity index is 2.24. The number of halogens is 1. The molecule has 0 atom stereocenters. The molecule has 5 heteroatoms. The van der Waals surface area contributed by atoms with Gasteiger partial charge in [-0.3, -0.25) is 0 Å². The number of thioether (sulfide) groups is 1. The first-order valence-electron chi connectivity index (χ1n) is 4.68. The molecule has 0 radical (unpaired) electrons. The van der Waals surface area contributed by atoms with Gasteiger partial charge in [0.05, 0.1) is 0 Å². The van der Waals surface area contributed by atoms with Crippen molar-refractivity contribution in [2.75, 3.05) is 11.6 Å². The van der Waals surface area contributed by atoms with Gasteiger partial charge in [-0.2, -0.15) is 0 Å². The Labute approximate surface area is 103 Å². The second-order valence-electron chi connectivity index (χ2n) is 3.05. The second kappa shape index (κ2) is 5.18. The fourth-order valence-corrected chi connectivity index (χ4v) is 1.83. The highest BCUT2D eigenvalue weighted by Crippen LogP contribution is 2.20. The Bertz CT molecular complexity index is 476. The molecule has 0 aliphatic heterocycles. The fourth-order valence-electron chi connectivity index (χ4n) is 1.22. The minimum absolute atomic E-state index is 0.442. The normalized spacial score (nSPS) is 10.1. The summed E-state index contributed by atoms with van der Waals surface area (Å²) < 4.78 is 0. The van der Waals surface area contributed by atoms with Crippen LogP contribution in [-0.2, 0) is 0 Å². The topological polar surface area (TPSA) is 37.8 Å². The van der Waals surface area contributed by atoms with E-state index in [4.69, 9.17) is 11.6 Å². The zero-order chi connectivity index (χ0) is 11.4. The Morgan fingerprint density at radius 2 is 1.94 bits per heavy atom. The van der Waals surface area contributed by atoms with Gasteiger partial charge in [0, 0.05) is 11.8 Å². The van der Waals surface area contributed by atoms with E-state index in [1.54, 1.807) is 6.07 Å². The summed E-state index contributed by atoms with van der Waals surface area (Å²) in [6.07, 6.45) is 1.91. The summed E-state index contributed by atoms with van der Waals surface area (Å²) in [7, 11) is 0. The predicted octanol–water partition coefficient (Wildman–Crippen LogP) is 3.60. The van der Waals surface area contributed by atoms with Gasteiger partial charge in [-0.15, -0.1) is 0 Å². The number of hydrogen-bond acceptors (Lipinski definition) is 4. The van der Waals surface area contributed by atoms with E-state index in [9.17, 15) is 0 Å². The van der Waals surface area contributed by atoms with Gasteiger partial charge in [0.1, 0.15) is 11.0 Å². The lowest BCUT2D eigenvalue weighted by Crippen LogP contribution is -1.96. The van der Waals surface area contributed by atoms with Crippen molar-refractivity contribution in [3.8, 4) is 0 Å². The molecule has 2 rings (SSSR count). The minimum Gasteiger partial charge on any atom is -0.340 e. The third-order valence-corrected chi connectivity index (χ3v) is 2.64. The number of anilines is 2. The third-order valence-electron chi connectivity index (χ3n) is 1.90. The summed E-state index contributed by atoms with van der Waals surface area (Å²) in [5, 5.41) is 4.27. The van der Waals surface area contributed by atoms with Gasteiger partial charge in [0.2, 0.25) is 0 Å². The van der Waals surface area contributed by atoms with Gasteiger partial charge in [-0.1, -0.05) is 41.6 Å². The Kier molecular flexibility index (Phi) is 3.64. The monoisotopic (exact) mass is 251 g/mol. The van der Waals surface area contributed by atoms with E-state index in [0.717, 1.165) is 5.69 Å². The van der Waals surface area contributed by atoms with Crippen molar-refractivity contribution in [1.82, 2.24) is 9.97 Å². The molecular weight excluding hydrogens is 242 g/mol. The molecule has 0 bridgehead atoms. The van der Waals surface area contributed by atoms with Crippen LogP contribution in [0.1, 0.15) is 0 Å². The molecule has 0 fully saturated rings. The Hall–Kier alpha value is -1.26. The molecule has 0 aliphatic rings. The van der Waals surface area contributed by atoms with Gasteiger partial charge in [0.25, 0.3) is 0 Å². The van der Waals surface area contributed by atoms with E-state index in [1.807, 2.05) is 36.6 Å². The lowest BCUT2D eigenvalue weighted by molar-refractivity contribution is 0.976. The van der Waals surface area contributed by atoms with Crippen molar-refractivity contribution in [2.24, 2.45) is 0 Å². The number of hydrogen-bond donors (Lipinski definition) is 1. The third kappa shape index (κ3) is 2.87. The number of benzene rings is 1. The van der Waals surface area contributed by atoms with Gasteiger partial charge in [0.15, 0.2) is 5.16 Å². The van der Waals surface area contributed by atoms with Gasteiger partial charge in [-0.25, -0.2) is 9.97 Å². The van der Waals surface area contributed by atoms with E-state index in [0.29, 0.717) is 16.1 Å². The van der Waals surface area contributed by atoms with Gasteiger partial charge >= 0.3 is 0 Å². The van der Waals surface area contributed by atoms with Crippen LogP contribution in [0, 0.1) is 0 Å². The van der Waals surface area contributed by atoms with Crippen LogP contribution in [0.15, 0.2) is 41.6 Å². The molecule has 0 spiro atoms. The first-order chi connectivity index (χ1) is 7.78. The molecule has 1 N–H and O–H groups in total. The van der Waals surface area contributed by atoms with Gasteiger partial charge in [-0.05, 0) is 18.4 Å². The highest BCUT2D eigenvalue weighted by molar-refractivity contribution is 7.98. The SMILES string of the molecule is CSc1nc(Cl)cc(Nc2ccccc2)n1. The van der Waals surface area contributed by atoms with Crippen LogP contribution in [0.4, 0.5) is 11.5 Å². The molecule has 16 heavy (non-hydrogen) atoms. The van der Waals surface area contributed by atoms with Crippen molar-refractivity contribution < 1.29 is 0 Å². The maximum absolute atomic E-state index is 5.89. The average molecular weight is 252 g/mol. The summed E-state index contributed by atoms with van der Waals surface area (Å²) in [6.45, 7) is 0. The molecule has 1 heterocycles. The van der Waals surface area contributed by atoms with Crippen LogP contribution in [0.2, 0.25) is 5.15 Å². The molecular formula is C11H10ClN3S. The van der Waals surface area contributed by atoms with E-state index in [2.05, 4.69) is 15.3 Å². The first kappa shape index (κ1) is 11.2. The standard InChI is InChI=1S/C11H10ClN3S/c1-16-11-14-9(12)7-10(15-11)13-8-5-3-2-4-6-8/h2-7H,1H3,(H,13,14,15). The molecule has 0 aliphatic carbocycles. The van der Waals surface area contributed by atoms with E-state index < -0.39 is 0 Å². The molecule has 0 amide bonds. The average Bonchev–Trinajstić information content (AvgIpc) is 2.29. The van der Waals surface area contributed by atoms with Crippen LogP contribution in [0.25, 0.3) is 0 Å². The maximum atomic E-state index is 5.89. The summed E-state index contributed by atoms with van der Waals surface area (Å²) in [6, 6.07) is 11.5. The van der Waals surface area contributed by atoms with E-state index in [1.165, 1.54) is 11.8 Å². The zero-order valence-corrected chi connectivity index (χ0v) is 10.2. The molecule has 0 unspecified atom stereocenters. The molecule has 82 valence electrons. The molecule has 2 aromatic rings. The molecule has 1 aromatic carbocycles. The quantitative estimate of drug-likeness (QED) is 0.514. The Morgan fingerprint density at radius 3 is 2.62 bits per heavy atom. The fraction of sp³-hybridized carbons (Fsp3) is 0.0909. The molecule has 0 saturated heterocycles. The first-order valence-corrected chi connectivity index (χ1v) is 6.29. The van der Waals surface area contributed by atoms with Crippen LogP contribution in [-0.4, -0.2) is 16.2 Å². The predicted molar refractivity (Wildman–Crippen MR) is 68.5 cm³/mol. The second-order valence-corrected chi connectivity index (χ2v) is 4.21. The van der Waals surface area contributed by atoms with Gasteiger partial charge < -0.3 is 5.32 Å². The van der Waals surface area contributed by atoms with E-state index >= 15 is 0 Å². The van der Waals surface area contributed by atoms with Crippen molar-refractivity contribution in [3.05, 3.63) is 41.6 Å². The minimum atomic E-state index is 0.442. The van der Waals surface area contributed by atoms with Crippen LogP contribution >= 0.6 is 23.4 Å². The largest absolute Gasteiger partial charge is 0.340 e. The van der Waals surface area contributed by atoms with Crippen LogP contribution in [0.5, 0.6) is 0 Å². The highest BCUT2D eigenvalue weighted by Gasteiger charge is 2.02. The molecule has 3 nitrogen and oxygen atoms in total. The Morgan fingerprint density at radius 1 is 1.19 bits per heavy atom.